The number of fused-ring (bicyclic) bond motifs is 1. The number of nitrogens with zero attached hydrogens (tertiary/aromatic N) is 3. The Kier molecular flexibility index (Phi) is 2.37. The van der Waals surface area contributed by atoms with Crippen molar-refractivity contribution >= 4 is 17.1 Å². The van der Waals surface area contributed by atoms with Crippen LogP contribution in [0.5, 0.6) is 0 Å². The Morgan fingerprint density at radius 3 is 2.42 bits per heavy atom. The number of anilines is 1. The van der Waals surface area contributed by atoms with Gasteiger partial charge in [0.2, 0.25) is 5.95 Å². The summed E-state index contributed by atoms with van der Waals surface area (Å²) in [5.41, 5.74) is 5.27. The van der Waals surface area contributed by atoms with Gasteiger partial charge in [0, 0.05) is 12.1 Å². The highest BCUT2D eigenvalue weighted by molar-refractivity contribution is 5.88. The van der Waals surface area contributed by atoms with E-state index >= 15 is 0 Å². The molecule has 0 amide bonds. The summed E-state index contributed by atoms with van der Waals surface area (Å²) in [4.78, 5) is 14.1. The van der Waals surface area contributed by atoms with Crippen molar-refractivity contribution in [1.29, 1.82) is 0 Å². The number of hydrogen-bond donors (Lipinski definition) is 2. The van der Waals surface area contributed by atoms with E-state index in [9.17, 15) is 13.2 Å². The normalized spacial score (nSPS) is 11.1. The molecule has 3 rings (SSSR count). The van der Waals surface area contributed by atoms with E-state index in [0.717, 1.165) is 0 Å². The van der Waals surface area contributed by atoms with Crippen molar-refractivity contribution in [2.24, 2.45) is 0 Å². The zero-order valence-corrected chi connectivity index (χ0v) is 9.28. The SMILES string of the molecule is Nc1nc(-c2c(F)cc(F)cc2F)c2[nH]cnc2n1. The van der Waals surface area contributed by atoms with Crippen LogP contribution in [0.4, 0.5) is 19.1 Å². The third-order valence-electron chi connectivity index (χ3n) is 2.55. The topological polar surface area (TPSA) is 80.5 Å². The maximum absolute atomic E-state index is 13.7. The summed E-state index contributed by atoms with van der Waals surface area (Å²) in [7, 11) is 0. The van der Waals surface area contributed by atoms with Gasteiger partial charge in [-0.25, -0.2) is 23.1 Å². The van der Waals surface area contributed by atoms with E-state index < -0.39 is 23.0 Å². The van der Waals surface area contributed by atoms with Crippen LogP contribution in [0, 0.1) is 17.5 Å². The Labute approximate surface area is 104 Å². The van der Waals surface area contributed by atoms with Crippen molar-refractivity contribution < 1.29 is 13.2 Å². The molecule has 0 aliphatic heterocycles. The first-order valence-corrected chi connectivity index (χ1v) is 5.18. The number of H-pyrrole nitrogens is 1. The Morgan fingerprint density at radius 2 is 1.74 bits per heavy atom. The van der Waals surface area contributed by atoms with E-state index in [1.54, 1.807) is 0 Å². The summed E-state index contributed by atoms with van der Waals surface area (Å²) in [5.74, 6) is -3.35. The number of aromatic amines is 1. The summed E-state index contributed by atoms with van der Waals surface area (Å²) >= 11 is 0. The lowest BCUT2D eigenvalue weighted by Crippen LogP contribution is -2.01. The van der Waals surface area contributed by atoms with E-state index in [1.165, 1.54) is 6.33 Å². The summed E-state index contributed by atoms with van der Waals surface area (Å²) in [5, 5.41) is 0. The Bertz CT molecular complexity index is 760. The third-order valence-corrected chi connectivity index (χ3v) is 2.55. The monoisotopic (exact) mass is 265 g/mol. The van der Waals surface area contributed by atoms with Crippen molar-refractivity contribution in [3.63, 3.8) is 0 Å². The second-order valence-electron chi connectivity index (χ2n) is 3.78. The fourth-order valence-electron chi connectivity index (χ4n) is 1.80. The minimum atomic E-state index is -1.08. The van der Waals surface area contributed by atoms with Crippen LogP contribution < -0.4 is 5.73 Å². The maximum Gasteiger partial charge on any atom is 0.222 e. The lowest BCUT2D eigenvalue weighted by Gasteiger charge is -2.06. The van der Waals surface area contributed by atoms with Crippen LogP contribution in [-0.2, 0) is 0 Å². The van der Waals surface area contributed by atoms with Gasteiger partial charge >= 0.3 is 0 Å². The molecule has 5 nitrogen and oxygen atoms in total. The predicted octanol–water partition coefficient (Wildman–Crippen LogP) is 2.02. The van der Waals surface area contributed by atoms with E-state index in [1.807, 2.05) is 0 Å². The quantitative estimate of drug-likeness (QED) is 0.705. The number of hydrogen-bond acceptors (Lipinski definition) is 4. The Balaban J connectivity index is 2.39. The fourth-order valence-corrected chi connectivity index (χ4v) is 1.80. The van der Waals surface area contributed by atoms with Gasteiger partial charge in [-0.05, 0) is 0 Å². The molecule has 0 bridgehead atoms. The van der Waals surface area contributed by atoms with Gasteiger partial charge in [-0.3, -0.25) is 0 Å². The molecule has 0 aliphatic rings. The first-order valence-electron chi connectivity index (χ1n) is 5.18. The minimum absolute atomic E-state index is 0.102. The second-order valence-corrected chi connectivity index (χ2v) is 3.78. The molecule has 0 atom stereocenters. The average Bonchev–Trinajstić information content (AvgIpc) is 2.75. The van der Waals surface area contributed by atoms with E-state index in [0.29, 0.717) is 12.1 Å². The second kappa shape index (κ2) is 3.94. The van der Waals surface area contributed by atoms with Crippen LogP contribution in [0.1, 0.15) is 0 Å². The minimum Gasteiger partial charge on any atom is -0.368 e. The van der Waals surface area contributed by atoms with Crippen LogP contribution >= 0.6 is 0 Å². The van der Waals surface area contributed by atoms with Crippen LogP contribution in [0.3, 0.4) is 0 Å². The number of benzene rings is 1. The van der Waals surface area contributed by atoms with Gasteiger partial charge in [0.25, 0.3) is 0 Å². The highest BCUT2D eigenvalue weighted by Crippen LogP contribution is 2.29. The number of imidazole rings is 1. The van der Waals surface area contributed by atoms with Gasteiger partial charge in [0.05, 0.1) is 11.9 Å². The van der Waals surface area contributed by atoms with Crippen molar-refractivity contribution in [2.75, 3.05) is 5.73 Å². The summed E-state index contributed by atoms with van der Waals surface area (Å²) < 4.78 is 40.4. The number of halogens is 3. The number of nitrogens with one attached hydrogen (secondary N) is 1. The standard InChI is InChI=1S/C11H6F3N5/c12-4-1-5(13)7(6(14)2-4)8-9-10(17-3-16-9)19-11(15)18-8/h1-3H,(H3,15,16,17,18,19). The molecule has 0 fully saturated rings. The number of nitrogens with two attached hydrogens (primary N) is 1. The molecule has 0 unspecified atom stereocenters. The molecule has 2 aromatic heterocycles. The zero-order valence-electron chi connectivity index (χ0n) is 9.28. The first kappa shape index (κ1) is 11.5. The van der Waals surface area contributed by atoms with Crippen molar-refractivity contribution in [3.8, 4) is 11.3 Å². The lowest BCUT2D eigenvalue weighted by atomic mass is 10.1. The first-order chi connectivity index (χ1) is 9.06. The predicted molar refractivity (Wildman–Crippen MR) is 61.4 cm³/mol. The smallest absolute Gasteiger partial charge is 0.222 e. The molecule has 96 valence electrons. The maximum atomic E-state index is 13.7. The molecule has 8 heteroatoms. The van der Waals surface area contributed by atoms with Gasteiger partial charge in [-0.15, -0.1) is 0 Å². The Hall–Kier alpha value is -2.64. The number of aromatic nitrogens is 4. The van der Waals surface area contributed by atoms with Gasteiger partial charge < -0.3 is 10.7 Å². The lowest BCUT2D eigenvalue weighted by molar-refractivity contribution is 0.547. The molecule has 19 heavy (non-hydrogen) atoms. The fraction of sp³-hybridized carbons (Fsp3) is 0. The van der Waals surface area contributed by atoms with Gasteiger partial charge in [-0.2, -0.15) is 4.98 Å². The molecule has 0 radical (unpaired) electrons. The van der Waals surface area contributed by atoms with Crippen LogP contribution in [0.15, 0.2) is 18.5 Å². The molecule has 2 heterocycles. The molecular formula is C11H6F3N5. The molecule has 3 aromatic rings. The summed E-state index contributed by atoms with van der Waals surface area (Å²) in [6.07, 6.45) is 1.29. The van der Waals surface area contributed by atoms with Crippen molar-refractivity contribution in [2.45, 2.75) is 0 Å². The van der Waals surface area contributed by atoms with Crippen LogP contribution in [-0.4, -0.2) is 19.9 Å². The highest BCUT2D eigenvalue weighted by Gasteiger charge is 2.19. The molecule has 0 saturated heterocycles. The van der Waals surface area contributed by atoms with E-state index in [4.69, 9.17) is 5.73 Å². The van der Waals surface area contributed by atoms with Crippen molar-refractivity contribution in [3.05, 3.63) is 35.9 Å². The number of nitrogen functional groups attached to an aromatic ring is 1. The third kappa shape index (κ3) is 1.77. The van der Waals surface area contributed by atoms with Crippen LogP contribution in [0.25, 0.3) is 22.4 Å². The molecule has 0 spiro atoms. The van der Waals surface area contributed by atoms with Crippen molar-refractivity contribution in [1.82, 2.24) is 19.9 Å². The average molecular weight is 265 g/mol. The summed E-state index contributed by atoms with van der Waals surface area (Å²) in [6.45, 7) is 0. The molecule has 3 N–H and O–H groups in total. The van der Waals surface area contributed by atoms with Gasteiger partial charge in [0.1, 0.15) is 28.7 Å². The van der Waals surface area contributed by atoms with Gasteiger partial charge in [-0.1, -0.05) is 0 Å². The summed E-state index contributed by atoms with van der Waals surface area (Å²) in [6, 6.07) is 1.14. The Morgan fingerprint density at radius 1 is 1.05 bits per heavy atom. The van der Waals surface area contributed by atoms with Crippen LogP contribution in [0.2, 0.25) is 0 Å². The highest BCUT2D eigenvalue weighted by atomic mass is 19.1. The largest absolute Gasteiger partial charge is 0.368 e. The van der Waals surface area contributed by atoms with E-state index in [2.05, 4.69) is 19.9 Å². The van der Waals surface area contributed by atoms with E-state index in [-0.39, 0.29) is 22.8 Å². The molecule has 0 aliphatic carbocycles. The molecule has 0 saturated carbocycles. The molecule has 1 aromatic carbocycles. The number of rotatable bonds is 1. The molecular weight excluding hydrogens is 259 g/mol. The van der Waals surface area contributed by atoms with Gasteiger partial charge in [0.15, 0.2) is 5.65 Å². The zero-order chi connectivity index (χ0) is 13.6.